The fourth-order valence-corrected chi connectivity index (χ4v) is 3.87. The van der Waals surface area contributed by atoms with Gasteiger partial charge in [0.1, 0.15) is 0 Å². The first-order valence-electron chi connectivity index (χ1n) is 7.10. The predicted octanol–water partition coefficient (Wildman–Crippen LogP) is 5.65. The van der Waals surface area contributed by atoms with Crippen molar-refractivity contribution in [3.05, 3.63) is 63.1 Å². The Morgan fingerprint density at radius 3 is 2.71 bits per heavy atom. The molecule has 0 spiro atoms. The zero-order valence-electron chi connectivity index (χ0n) is 11.6. The van der Waals surface area contributed by atoms with Crippen LogP contribution in [0.25, 0.3) is 0 Å². The normalized spacial score (nSPS) is 14.4. The molecule has 0 radical (unpaired) electrons. The van der Waals surface area contributed by atoms with E-state index in [0.29, 0.717) is 0 Å². The highest BCUT2D eigenvalue weighted by Gasteiger charge is 2.20. The summed E-state index contributed by atoms with van der Waals surface area (Å²) in [5.74, 6) is 0.901. The molecule has 0 atom stereocenters. The second kappa shape index (κ2) is 7.19. The zero-order valence-corrected chi connectivity index (χ0v) is 14.8. The predicted molar refractivity (Wildman–Crippen MR) is 95.0 cm³/mol. The lowest BCUT2D eigenvalue weighted by Crippen LogP contribution is -2.15. The van der Waals surface area contributed by atoms with Crippen LogP contribution in [0.3, 0.4) is 0 Å². The highest BCUT2D eigenvalue weighted by molar-refractivity contribution is 9.10. The number of rotatable bonds is 6. The number of halogens is 2. The van der Waals surface area contributed by atoms with E-state index in [2.05, 4.69) is 45.5 Å². The second-order valence-corrected chi connectivity index (χ2v) is 7.63. The summed E-state index contributed by atoms with van der Waals surface area (Å²) < 4.78 is 1.14. The third-order valence-electron chi connectivity index (χ3n) is 3.52. The van der Waals surface area contributed by atoms with E-state index in [1.165, 1.54) is 28.9 Å². The van der Waals surface area contributed by atoms with Crippen molar-refractivity contribution in [3.8, 4) is 0 Å². The van der Waals surface area contributed by atoms with Crippen LogP contribution in [0.1, 0.15) is 24.0 Å². The van der Waals surface area contributed by atoms with Gasteiger partial charge in [-0.05, 0) is 48.2 Å². The van der Waals surface area contributed by atoms with E-state index in [1.54, 1.807) is 0 Å². The van der Waals surface area contributed by atoms with Crippen LogP contribution in [-0.4, -0.2) is 6.04 Å². The summed E-state index contributed by atoms with van der Waals surface area (Å²) >= 11 is 11.7. The molecule has 0 heterocycles. The maximum atomic E-state index is 6.23. The van der Waals surface area contributed by atoms with Crippen LogP contribution in [0.5, 0.6) is 0 Å². The van der Waals surface area contributed by atoms with Crippen LogP contribution >= 0.6 is 39.3 Å². The highest BCUT2D eigenvalue weighted by atomic mass is 79.9. The van der Waals surface area contributed by atoms with E-state index in [0.717, 1.165) is 27.8 Å². The number of benzene rings is 2. The molecular formula is C17H17BrClNS. The maximum Gasteiger partial charge on any atom is 0.0446 e. The Hall–Kier alpha value is -0.480. The van der Waals surface area contributed by atoms with E-state index in [1.807, 2.05) is 30.0 Å². The molecule has 21 heavy (non-hydrogen) atoms. The van der Waals surface area contributed by atoms with Gasteiger partial charge < -0.3 is 5.32 Å². The van der Waals surface area contributed by atoms with Gasteiger partial charge in [0, 0.05) is 32.7 Å². The van der Waals surface area contributed by atoms with Gasteiger partial charge in [-0.25, -0.2) is 0 Å². The van der Waals surface area contributed by atoms with Gasteiger partial charge in [-0.2, -0.15) is 0 Å². The van der Waals surface area contributed by atoms with E-state index in [4.69, 9.17) is 11.6 Å². The molecule has 1 N–H and O–H groups in total. The van der Waals surface area contributed by atoms with Crippen LogP contribution in [0, 0.1) is 0 Å². The largest absolute Gasteiger partial charge is 0.310 e. The van der Waals surface area contributed by atoms with E-state index in [-0.39, 0.29) is 0 Å². The average Bonchev–Trinajstić information content (AvgIpc) is 3.30. The Balaban J connectivity index is 1.70. The van der Waals surface area contributed by atoms with E-state index < -0.39 is 0 Å². The van der Waals surface area contributed by atoms with Gasteiger partial charge >= 0.3 is 0 Å². The number of nitrogens with one attached hydrogen (secondary N) is 1. The van der Waals surface area contributed by atoms with Gasteiger partial charge in [-0.15, -0.1) is 11.8 Å². The molecule has 0 aliphatic heterocycles. The molecule has 1 fully saturated rings. The lowest BCUT2D eigenvalue weighted by atomic mass is 10.2. The third-order valence-corrected chi connectivity index (χ3v) is 5.55. The maximum absolute atomic E-state index is 6.23. The molecule has 1 aliphatic rings. The minimum atomic E-state index is 0.727. The lowest BCUT2D eigenvalue weighted by Gasteiger charge is -2.11. The van der Waals surface area contributed by atoms with Gasteiger partial charge in [0.15, 0.2) is 0 Å². The van der Waals surface area contributed by atoms with Crippen molar-refractivity contribution in [2.24, 2.45) is 0 Å². The summed E-state index contributed by atoms with van der Waals surface area (Å²) in [4.78, 5) is 1.33. The van der Waals surface area contributed by atoms with Crippen molar-refractivity contribution in [1.82, 2.24) is 5.32 Å². The number of hydrogen-bond donors (Lipinski definition) is 1. The molecule has 110 valence electrons. The first-order chi connectivity index (χ1) is 10.2. The molecule has 1 saturated carbocycles. The third kappa shape index (κ3) is 4.49. The molecule has 0 saturated heterocycles. The molecule has 0 amide bonds. The zero-order chi connectivity index (χ0) is 14.7. The van der Waals surface area contributed by atoms with Gasteiger partial charge in [0.25, 0.3) is 0 Å². The Bertz CT molecular complexity index is 628. The minimum Gasteiger partial charge on any atom is -0.310 e. The van der Waals surface area contributed by atoms with Crippen LogP contribution in [0.2, 0.25) is 5.02 Å². The molecule has 0 aromatic heterocycles. The quantitative estimate of drug-likeness (QED) is 0.648. The summed E-state index contributed by atoms with van der Waals surface area (Å²) in [6.45, 7) is 0.939. The monoisotopic (exact) mass is 381 g/mol. The summed E-state index contributed by atoms with van der Waals surface area (Å²) in [6, 6.07) is 15.3. The van der Waals surface area contributed by atoms with Crippen LogP contribution in [-0.2, 0) is 12.3 Å². The molecule has 0 bridgehead atoms. The van der Waals surface area contributed by atoms with Crippen LogP contribution < -0.4 is 5.32 Å². The summed E-state index contributed by atoms with van der Waals surface area (Å²) in [5.41, 5.74) is 2.54. The molecule has 2 aromatic carbocycles. The summed E-state index contributed by atoms with van der Waals surface area (Å²) in [7, 11) is 0. The van der Waals surface area contributed by atoms with E-state index in [9.17, 15) is 0 Å². The molecule has 1 nitrogen and oxygen atoms in total. The first-order valence-corrected chi connectivity index (χ1v) is 9.26. The lowest BCUT2D eigenvalue weighted by molar-refractivity contribution is 0.680. The van der Waals surface area contributed by atoms with Crippen molar-refractivity contribution < 1.29 is 0 Å². The van der Waals surface area contributed by atoms with Crippen molar-refractivity contribution >= 4 is 39.3 Å². The van der Waals surface area contributed by atoms with Crippen molar-refractivity contribution in [2.45, 2.75) is 36.1 Å². The van der Waals surface area contributed by atoms with E-state index >= 15 is 0 Å². The topological polar surface area (TPSA) is 12.0 Å². The molecule has 4 heteroatoms. The summed E-state index contributed by atoms with van der Waals surface area (Å²) in [6.07, 6.45) is 2.63. The smallest absolute Gasteiger partial charge is 0.0446 e. The van der Waals surface area contributed by atoms with Crippen LogP contribution in [0.4, 0.5) is 0 Å². The van der Waals surface area contributed by atoms with Gasteiger partial charge in [-0.3, -0.25) is 0 Å². The fourth-order valence-electron chi connectivity index (χ4n) is 2.14. The van der Waals surface area contributed by atoms with Gasteiger partial charge in [0.2, 0.25) is 0 Å². The fraction of sp³-hybridized carbons (Fsp3) is 0.294. The summed E-state index contributed by atoms with van der Waals surface area (Å²) in [5, 5.41) is 4.44. The van der Waals surface area contributed by atoms with Crippen molar-refractivity contribution in [3.63, 3.8) is 0 Å². The Morgan fingerprint density at radius 1 is 1.14 bits per heavy atom. The SMILES string of the molecule is Clc1ccccc1CSc1ccc(Br)cc1CNC1CC1. The molecule has 0 unspecified atom stereocenters. The Morgan fingerprint density at radius 2 is 1.95 bits per heavy atom. The van der Waals surface area contributed by atoms with Gasteiger partial charge in [-0.1, -0.05) is 45.7 Å². The average molecular weight is 383 g/mol. The number of hydrogen-bond acceptors (Lipinski definition) is 2. The second-order valence-electron chi connectivity index (χ2n) is 5.29. The van der Waals surface area contributed by atoms with Crippen molar-refractivity contribution in [2.75, 3.05) is 0 Å². The van der Waals surface area contributed by atoms with Gasteiger partial charge in [0.05, 0.1) is 0 Å². The Kier molecular flexibility index (Phi) is 5.28. The highest BCUT2D eigenvalue weighted by Crippen LogP contribution is 2.31. The molecular weight excluding hydrogens is 366 g/mol. The molecule has 3 rings (SSSR count). The molecule has 2 aromatic rings. The minimum absolute atomic E-state index is 0.727. The Labute approximate surface area is 143 Å². The standard InChI is InChI=1S/C17H17BrClNS/c18-14-5-8-17(13(9-14)10-20-15-6-7-15)21-11-12-3-1-2-4-16(12)19/h1-5,8-9,15,20H,6-7,10-11H2. The molecule has 1 aliphatic carbocycles. The van der Waals surface area contributed by atoms with Crippen LogP contribution in [0.15, 0.2) is 51.8 Å². The number of thioether (sulfide) groups is 1. The first kappa shape index (κ1) is 15.4. The van der Waals surface area contributed by atoms with Crippen molar-refractivity contribution in [1.29, 1.82) is 0 Å².